The molecule has 0 spiro atoms. The zero-order chi connectivity index (χ0) is 21.4. The smallest absolute Gasteiger partial charge is 0.258 e. The highest BCUT2D eigenvalue weighted by Crippen LogP contribution is 2.39. The Morgan fingerprint density at radius 3 is 2.74 bits per heavy atom. The summed E-state index contributed by atoms with van der Waals surface area (Å²) in [7, 11) is 0. The molecular weight excluding hydrogens is 412 g/mol. The Kier molecular flexibility index (Phi) is 5.07. The fraction of sp³-hybridized carbons (Fsp3) is 0.261. The molecule has 0 aliphatic carbocycles. The minimum atomic E-state index is -0.174. The van der Waals surface area contributed by atoms with Crippen LogP contribution in [0.15, 0.2) is 58.8 Å². The minimum absolute atomic E-state index is 0.174. The number of hydrogen-bond acceptors (Lipinski definition) is 6. The van der Waals surface area contributed by atoms with E-state index in [2.05, 4.69) is 41.4 Å². The van der Waals surface area contributed by atoms with Gasteiger partial charge in [-0.05, 0) is 49.3 Å². The lowest BCUT2D eigenvalue weighted by Gasteiger charge is -2.37. The third-order valence-corrected chi connectivity index (χ3v) is 5.80. The van der Waals surface area contributed by atoms with Crippen molar-refractivity contribution in [1.82, 2.24) is 20.4 Å². The predicted octanol–water partition coefficient (Wildman–Crippen LogP) is 4.54. The van der Waals surface area contributed by atoms with Crippen molar-refractivity contribution >= 4 is 22.9 Å². The van der Waals surface area contributed by atoms with Gasteiger partial charge in [0.25, 0.3) is 5.89 Å². The second kappa shape index (κ2) is 8.03. The summed E-state index contributed by atoms with van der Waals surface area (Å²) in [5.74, 6) is 2.36. The number of nitrogens with one attached hydrogen (secondary N) is 1. The number of aromatic nitrogens is 2. The van der Waals surface area contributed by atoms with Crippen molar-refractivity contribution in [2.45, 2.75) is 26.3 Å². The van der Waals surface area contributed by atoms with Gasteiger partial charge in [0.15, 0.2) is 16.6 Å². The molecule has 1 atom stereocenters. The average Bonchev–Trinajstić information content (AvgIpc) is 3.46. The van der Waals surface area contributed by atoms with Gasteiger partial charge in [-0.2, -0.15) is 4.98 Å². The first kappa shape index (κ1) is 19.6. The van der Waals surface area contributed by atoms with Crippen LogP contribution in [0.2, 0.25) is 0 Å². The van der Waals surface area contributed by atoms with Crippen LogP contribution in [-0.2, 0) is 0 Å². The van der Waals surface area contributed by atoms with Crippen LogP contribution in [0.3, 0.4) is 0 Å². The molecule has 1 unspecified atom stereocenters. The number of allylic oxidation sites excluding steroid dienone is 1. The minimum Gasteiger partial charge on any atom is -0.454 e. The Balaban J connectivity index is 1.57. The van der Waals surface area contributed by atoms with Crippen LogP contribution < -0.4 is 14.8 Å². The lowest BCUT2D eigenvalue weighted by Crippen LogP contribution is -2.46. The molecule has 0 saturated heterocycles. The molecule has 0 fully saturated rings. The molecule has 2 aromatic carbocycles. The van der Waals surface area contributed by atoms with E-state index in [1.54, 1.807) is 0 Å². The van der Waals surface area contributed by atoms with E-state index in [1.807, 2.05) is 36.4 Å². The van der Waals surface area contributed by atoms with Crippen molar-refractivity contribution in [2.75, 3.05) is 13.3 Å². The molecule has 1 aromatic heterocycles. The lowest BCUT2D eigenvalue weighted by atomic mass is 9.95. The zero-order valence-electron chi connectivity index (χ0n) is 17.3. The molecular formula is C23H22N4O3S. The summed E-state index contributed by atoms with van der Waals surface area (Å²) >= 11 is 5.67. The topological polar surface area (TPSA) is 72.7 Å². The van der Waals surface area contributed by atoms with Crippen LogP contribution in [-0.4, -0.2) is 33.5 Å². The molecule has 31 heavy (non-hydrogen) atoms. The third kappa shape index (κ3) is 3.53. The largest absolute Gasteiger partial charge is 0.454 e. The van der Waals surface area contributed by atoms with Crippen LogP contribution in [0.5, 0.6) is 11.5 Å². The number of nitrogens with zero attached hydrogens (tertiary/aromatic N) is 3. The second-order valence-electron chi connectivity index (χ2n) is 7.44. The van der Waals surface area contributed by atoms with E-state index in [0.29, 0.717) is 22.6 Å². The van der Waals surface area contributed by atoms with Crippen molar-refractivity contribution in [3.8, 4) is 22.9 Å². The van der Waals surface area contributed by atoms with E-state index in [9.17, 15) is 0 Å². The Hall–Kier alpha value is -3.39. The van der Waals surface area contributed by atoms with E-state index < -0.39 is 0 Å². The highest BCUT2D eigenvalue weighted by atomic mass is 32.1. The normalized spacial score (nSPS) is 17.8. The average molecular weight is 435 g/mol. The van der Waals surface area contributed by atoms with Crippen molar-refractivity contribution in [1.29, 1.82) is 0 Å². The Bertz CT molecular complexity index is 1160. The summed E-state index contributed by atoms with van der Waals surface area (Å²) in [5, 5.41) is 8.41. The third-order valence-electron chi connectivity index (χ3n) is 5.46. The summed E-state index contributed by atoms with van der Waals surface area (Å²) in [6.45, 7) is 5.22. The predicted molar refractivity (Wildman–Crippen MR) is 120 cm³/mol. The molecule has 3 aromatic rings. The number of ether oxygens (including phenoxy) is 2. The quantitative estimate of drug-likeness (QED) is 0.587. The fourth-order valence-electron chi connectivity index (χ4n) is 3.93. The summed E-state index contributed by atoms with van der Waals surface area (Å²) < 4.78 is 16.6. The van der Waals surface area contributed by atoms with Crippen LogP contribution in [0.4, 0.5) is 0 Å². The van der Waals surface area contributed by atoms with Crippen LogP contribution in [0.25, 0.3) is 17.0 Å². The van der Waals surface area contributed by atoms with Gasteiger partial charge in [0, 0.05) is 17.8 Å². The molecule has 8 heteroatoms. The zero-order valence-corrected chi connectivity index (χ0v) is 18.1. The fourth-order valence-corrected chi connectivity index (χ4v) is 4.28. The second-order valence-corrected chi connectivity index (χ2v) is 7.82. The number of thiocarbonyl (C=S) groups is 1. The van der Waals surface area contributed by atoms with E-state index in [4.69, 9.17) is 31.2 Å². The van der Waals surface area contributed by atoms with Gasteiger partial charge in [0.05, 0.1) is 11.6 Å². The Labute approximate surface area is 185 Å². The summed E-state index contributed by atoms with van der Waals surface area (Å²) in [4.78, 5) is 6.83. The summed E-state index contributed by atoms with van der Waals surface area (Å²) in [6, 6.07) is 15.6. The van der Waals surface area contributed by atoms with E-state index in [-0.39, 0.29) is 12.8 Å². The maximum Gasteiger partial charge on any atom is 0.258 e. The van der Waals surface area contributed by atoms with Gasteiger partial charge in [-0.25, -0.2) is 0 Å². The summed E-state index contributed by atoms with van der Waals surface area (Å²) in [6.07, 6.45) is 0.967. The molecule has 7 nitrogen and oxygen atoms in total. The molecule has 158 valence electrons. The molecule has 0 amide bonds. The lowest BCUT2D eigenvalue weighted by molar-refractivity contribution is 0.174. The van der Waals surface area contributed by atoms with E-state index in [1.165, 1.54) is 0 Å². The Morgan fingerprint density at radius 1 is 1.13 bits per heavy atom. The van der Waals surface area contributed by atoms with E-state index >= 15 is 0 Å². The van der Waals surface area contributed by atoms with Gasteiger partial charge < -0.3 is 24.2 Å². The van der Waals surface area contributed by atoms with Crippen molar-refractivity contribution < 1.29 is 14.0 Å². The van der Waals surface area contributed by atoms with Gasteiger partial charge in [-0.15, -0.1) is 0 Å². The first-order valence-corrected chi connectivity index (χ1v) is 10.6. The number of rotatable bonds is 5. The van der Waals surface area contributed by atoms with Gasteiger partial charge in [0.1, 0.15) is 0 Å². The molecule has 3 heterocycles. The maximum absolute atomic E-state index is 5.76. The van der Waals surface area contributed by atoms with Crippen molar-refractivity contribution in [2.24, 2.45) is 0 Å². The molecule has 0 radical (unpaired) electrons. The number of fused-ring (bicyclic) bond motifs is 1. The maximum atomic E-state index is 5.76. The standard InChI is InChI=1S/C23H22N4O3S/c1-3-11-27-14(2)19(20(24-23(27)31)15-7-5-4-6-8-15)22-25-21(26-30-22)16-9-10-17-18(12-16)29-13-28-17/h4-10,12,20H,3,11,13H2,1-2H3,(H,24,31). The first-order valence-electron chi connectivity index (χ1n) is 10.2. The first-order chi connectivity index (χ1) is 15.2. The van der Waals surface area contributed by atoms with Gasteiger partial charge in [-0.3, -0.25) is 0 Å². The van der Waals surface area contributed by atoms with Gasteiger partial charge >= 0.3 is 0 Å². The SMILES string of the molecule is CCCN1C(=S)NC(c2ccccc2)C(c2nc(-c3ccc4c(c3)OCO4)no2)=C1C. The highest BCUT2D eigenvalue weighted by molar-refractivity contribution is 7.80. The molecule has 5 rings (SSSR count). The van der Waals surface area contributed by atoms with Crippen molar-refractivity contribution in [3.05, 3.63) is 65.7 Å². The summed E-state index contributed by atoms with van der Waals surface area (Å²) in [5.41, 5.74) is 3.82. The van der Waals surface area contributed by atoms with Crippen LogP contribution in [0.1, 0.15) is 37.8 Å². The van der Waals surface area contributed by atoms with E-state index in [0.717, 1.165) is 41.1 Å². The molecule has 2 aliphatic rings. The molecule has 0 saturated carbocycles. The van der Waals surface area contributed by atoms with Gasteiger partial charge in [-0.1, -0.05) is 42.4 Å². The van der Waals surface area contributed by atoms with Crippen LogP contribution in [0, 0.1) is 0 Å². The monoisotopic (exact) mass is 434 g/mol. The number of hydrogen-bond donors (Lipinski definition) is 1. The van der Waals surface area contributed by atoms with Crippen molar-refractivity contribution in [3.63, 3.8) is 0 Å². The van der Waals surface area contributed by atoms with Gasteiger partial charge in [0.2, 0.25) is 12.6 Å². The molecule has 0 bridgehead atoms. The van der Waals surface area contributed by atoms with Crippen LogP contribution >= 0.6 is 12.2 Å². The molecule has 1 N–H and O–H groups in total. The number of benzene rings is 2. The molecule has 2 aliphatic heterocycles. The Morgan fingerprint density at radius 2 is 1.94 bits per heavy atom. The highest BCUT2D eigenvalue weighted by Gasteiger charge is 2.33.